The van der Waals surface area contributed by atoms with Gasteiger partial charge >= 0.3 is 0 Å². The van der Waals surface area contributed by atoms with E-state index in [4.69, 9.17) is 5.73 Å². The number of piperazine rings is 1. The number of rotatable bonds is 2. The van der Waals surface area contributed by atoms with Crippen LogP contribution in [0.3, 0.4) is 0 Å². The zero-order valence-electron chi connectivity index (χ0n) is 10.4. The maximum atomic E-state index is 12.2. The van der Waals surface area contributed by atoms with Crippen LogP contribution in [0.25, 0.3) is 0 Å². The van der Waals surface area contributed by atoms with E-state index < -0.39 is 11.9 Å². The van der Waals surface area contributed by atoms with Crippen LogP contribution in [0, 0.1) is 5.92 Å². The quantitative estimate of drug-likeness (QED) is 0.582. The molecule has 2 saturated heterocycles. The van der Waals surface area contributed by atoms with E-state index in [0.717, 1.165) is 0 Å². The molecular formula is C11H18N4O3. The Morgan fingerprint density at radius 3 is 2.50 bits per heavy atom. The van der Waals surface area contributed by atoms with Crippen molar-refractivity contribution in [3.05, 3.63) is 0 Å². The highest BCUT2D eigenvalue weighted by Gasteiger charge is 2.40. The Morgan fingerprint density at radius 1 is 1.28 bits per heavy atom. The maximum Gasteiger partial charge on any atom is 0.241 e. The van der Waals surface area contributed by atoms with E-state index in [0.29, 0.717) is 32.7 Å². The highest BCUT2D eigenvalue weighted by Crippen LogP contribution is 2.20. The summed E-state index contributed by atoms with van der Waals surface area (Å²) >= 11 is 0. The van der Waals surface area contributed by atoms with E-state index in [1.807, 2.05) is 0 Å². The lowest BCUT2D eigenvalue weighted by Crippen LogP contribution is -2.63. The summed E-state index contributed by atoms with van der Waals surface area (Å²) in [6.07, 6.45) is 0. The van der Waals surface area contributed by atoms with Crippen molar-refractivity contribution in [1.29, 1.82) is 0 Å². The number of amides is 3. The lowest BCUT2D eigenvalue weighted by molar-refractivity contribution is -0.152. The average Bonchev–Trinajstić information content (AvgIpc) is 2.26. The van der Waals surface area contributed by atoms with Gasteiger partial charge in [-0.15, -0.1) is 0 Å². The molecular weight excluding hydrogens is 236 g/mol. The Bertz CT molecular complexity index is 378. The predicted molar refractivity (Wildman–Crippen MR) is 63.3 cm³/mol. The molecule has 2 aliphatic heterocycles. The summed E-state index contributed by atoms with van der Waals surface area (Å²) in [5.41, 5.74) is 5.29. The summed E-state index contributed by atoms with van der Waals surface area (Å²) in [5.74, 6) is -0.768. The summed E-state index contributed by atoms with van der Waals surface area (Å²) in [6.45, 7) is 3.94. The number of nitrogens with two attached hydrogens (primary N) is 1. The number of likely N-dealkylation sites (tertiary alicyclic amines) is 1. The van der Waals surface area contributed by atoms with Gasteiger partial charge in [0.25, 0.3) is 0 Å². The minimum atomic E-state index is -0.572. The number of carbonyl (C=O) groups is 3. The maximum absolute atomic E-state index is 12.2. The summed E-state index contributed by atoms with van der Waals surface area (Å²) in [4.78, 5) is 37.7. The first-order chi connectivity index (χ1) is 8.50. The number of primary amides is 1. The van der Waals surface area contributed by atoms with Crippen molar-refractivity contribution in [3.63, 3.8) is 0 Å². The van der Waals surface area contributed by atoms with Crippen molar-refractivity contribution in [3.8, 4) is 0 Å². The van der Waals surface area contributed by atoms with E-state index in [1.165, 1.54) is 6.92 Å². The van der Waals surface area contributed by atoms with E-state index >= 15 is 0 Å². The third kappa shape index (κ3) is 2.31. The Morgan fingerprint density at radius 2 is 1.94 bits per heavy atom. The smallest absolute Gasteiger partial charge is 0.241 e. The minimum absolute atomic E-state index is 0.0224. The molecule has 0 aromatic rings. The number of nitrogens with one attached hydrogen (secondary N) is 1. The van der Waals surface area contributed by atoms with Gasteiger partial charge in [0, 0.05) is 39.6 Å². The molecule has 3 amide bonds. The molecule has 0 radical (unpaired) electrons. The van der Waals surface area contributed by atoms with Gasteiger partial charge in [0.1, 0.15) is 6.04 Å². The van der Waals surface area contributed by atoms with Gasteiger partial charge in [-0.05, 0) is 0 Å². The van der Waals surface area contributed by atoms with Gasteiger partial charge in [0.05, 0.1) is 5.92 Å². The number of hydrogen-bond donors (Lipinski definition) is 2. The fraction of sp³-hybridized carbons (Fsp3) is 0.727. The van der Waals surface area contributed by atoms with Crippen molar-refractivity contribution in [2.75, 3.05) is 32.7 Å². The fourth-order valence-corrected chi connectivity index (χ4v) is 2.35. The van der Waals surface area contributed by atoms with Crippen LogP contribution >= 0.6 is 0 Å². The van der Waals surface area contributed by atoms with Crippen LogP contribution in [0.1, 0.15) is 6.92 Å². The minimum Gasteiger partial charge on any atom is -0.368 e. The Labute approximate surface area is 105 Å². The lowest BCUT2D eigenvalue weighted by Gasteiger charge is -2.43. The molecule has 2 aliphatic rings. The van der Waals surface area contributed by atoms with Gasteiger partial charge in [0.15, 0.2) is 0 Å². The molecule has 2 rings (SSSR count). The predicted octanol–water partition coefficient (Wildman–Crippen LogP) is -2.25. The number of nitrogens with zero attached hydrogens (tertiary/aromatic N) is 2. The van der Waals surface area contributed by atoms with E-state index in [1.54, 1.807) is 9.80 Å². The largest absolute Gasteiger partial charge is 0.368 e. The average molecular weight is 254 g/mol. The summed E-state index contributed by atoms with van der Waals surface area (Å²) < 4.78 is 0. The normalized spacial score (nSPS) is 24.6. The second kappa shape index (κ2) is 4.93. The van der Waals surface area contributed by atoms with Gasteiger partial charge in [-0.3, -0.25) is 14.4 Å². The summed E-state index contributed by atoms with van der Waals surface area (Å²) in [5, 5.41) is 3.04. The van der Waals surface area contributed by atoms with E-state index in [-0.39, 0.29) is 17.7 Å². The molecule has 0 aliphatic carbocycles. The molecule has 0 bridgehead atoms. The SMILES string of the molecule is CC(=O)N1CC(C(=O)N2CCNC[C@@H]2C(N)=O)C1. The fourth-order valence-electron chi connectivity index (χ4n) is 2.35. The van der Waals surface area contributed by atoms with Gasteiger partial charge in [-0.25, -0.2) is 0 Å². The van der Waals surface area contributed by atoms with Gasteiger partial charge in [-0.2, -0.15) is 0 Å². The lowest BCUT2D eigenvalue weighted by atomic mass is 9.97. The Kier molecular flexibility index (Phi) is 3.51. The van der Waals surface area contributed by atoms with Crippen LogP contribution in [0.5, 0.6) is 0 Å². The molecule has 100 valence electrons. The summed E-state index contributed by atoms with van der Waals surface area (Å²) in [6, 6.07) is -0.572. The zero-order chi connectivity index (χ0) is 13.3. The molecule has 7 heteroatoms. The van der Waals surface area contributed by atoms with Gasteiger partial charge in [0.2, 0.25) is 17.7 Å². The number of hydrogen-bond acceptors (Lipinski definition) is 4. The molecule has 7 nitrogen and oxygen atoms in total. The van der Waals surface area contributed by atoms with Gasteiger partial charge < -0.3 is 20.9 Å². The van der Waals surface area contributed by atoms with Crippen molar-refractivity contribution >= 4 is 17.7 Å². The molecule has 0 aromatic heterocycles. The second-order valence-corrected chi connectivity index (χ2v) is 4.77. The van der Waals surface area contributed by atoms with Crippen LogP contribution in [-0.4, -0.2) is 66.3 Å². The van der Waals surface area contributed by atoms with E-state index in [9.17, 15) is 14.4 Å². The van der Waals surface area contributed by atoms with Crippen LogP contribution in [0.4, 0.5) is 0 Å². The molecule has 2 heterocycles. The zero-order valence-corrected chi connectivity index (χ0v) is 10.4. The van der Waals surface area contributed by atoms with Crippen molar-refractivity contribution in [2.24, 2.45) is 11.7 Å². The highest BCUT2D eigenvalue weighted by molar-refractivity contribution is 5.89. The number of carbonyl (C=O) groups excluding carboxylic acids is 3. The molecule has 1 atom stereocenters. The standard InChI is InChI=1S/C11H18N4O3/c1-7(16)14-5-8(6-14)11(18)15-3-2-13-4-9(15)10(12)17/h8-9,13H,2-6H2,1H3,(H2,12,17)/t9-/m1/s1. The van der Waals surface area contributed by atoms with Crippen LogP contribution in [-0.2, 0) is 14.4 Å². The first kappa shape index (κ1) is 12.8. The summed E-state index contributed by atoms with van der Waals surface area (Å²) in [7, 11) is 0. The van der Waals surface area contributed by atoms with Crippen molar-refractivity contribution in [2.45, 2.75) is 13.0 Å². The van der Waals surface area contributed by atoms with Crippen LogP contribution in [0.15, 0.2) is 0 Å². The third-order valence-electron chi connectivity index (χ3n) is 3.53. The molecule has 2 fully saturated rings. The van der Waals surface area contributed by atoms with Crippen molar-refractivity contribution in [1.82, 2.24) is 15.1 Å². The topological polar surface area (TPSA) is 95.7 Å². The molecule has 0 aromatic carbocycles. The van der Waals surface area contributed by atoms with Crippen LogP contribution < -0.4 is 11.1 Å². The Hall–Kier alpha value is -1.63. The molecule has 18 heavy (non-hydrogen) atoms. The Balaban J connectivity index is 1.96. The van der Waals surface area contributed by atoms with Crippen molar-refractivity contribution < 1.29 is 14.4 Å². The highest BCUT2D eigenvalue weighted by atomic mass is 16.2. The third-order valence-corrected chi connectivity index (χ3v) is 3.53. The van der Waals surface area contributed by atoms with Crippen LogP contribution in [0.2, 0.25) is 0 Å². The monoisotopic (exact) mass is 254 g/mol. The second-order valence-electron chi connectivity index (χ2n) is 4.77. The van der Waals surface area contributed by atoms with Gasteiger partial charge in [-0.1, -0.05) is 0 Å². The molecule has 3 N–H and O–H groups in total. The molecule has 0 spiro atoms. The first-order valence-electron chi connectivity index (χ1n) is 6.06. The molecule has 0 saturated carbocycles. The van der Waals surface area contributed by atoms with E-state index in [2.05, 4.69) is 5.32 Å². The molecule has 0 unspecified atom stereocenters. The first-order valence-corrected chi connectivity index (χ1v) is 6.06.